The third kappa shape index (κ3) is 4.41. The summed E-state index contributed by atoms with van der Waals surface area (Å²) in [6.07, 6.45) is 10.3. The molecule has 4 rings (SSSR count). The molecule has 1 N–H and O–H groups in total. The molecule has 1 unspecified atom stereocenters. The van der Waals surface area contributed by atoms with Crippen LogP contribution in [0.1, 0.15) is 76.7 Å². The third-order valence-electron chi connectivity index (χ3n) is 7.04. The number of benzene rings is 1. The summed E-state index contributed by atoms with van der Waals surface area (Å²) < 4.78 is 31.5. The highest BCUT2D eigenvalue weighted by molar-refractivity contribution is 7.86. The third-order valence-corrected chi connectivity index (χ3v) is 8.37. The van der Waals surface area contributed by atoms with E-state index in [9.17, 15) is 13.5 Å². The van der Waals surface area contributed by atoms with Crippen LogP contribution in [-0.2, 0) is 14.3 Å². The van der Waals surface area contributed by atoms with Gasteiger partial charge in [-0.05, 0) is 63.0 Å². The first-order chi connectivity index (χ1) is 12.8. The van der Waals surface area contributed by atoms with Crippen molar-refractivity contribution in [1.29, 1.82) is 0 Å². The Labute approximate surface area is 164 Å². The second kappa shape index (κ2) is 8.22. The monoisotopic (exact) mass is 394 g/mol. The van der Waals surface area contributed by atoms with Crippen LogP contribution in [0.5, 0.6) is 0 Å². The van der Waals surface area contributed by atoms with E-state index in [-0.39, 0.29) is 16.9 Å². The van der Waals surface area contributed by atoms with Gasteiger partial charge in [0.25, 0.3) is 10.1 Å². The number of unbranched alkanes of at least 4 members (excludes halogenated alkanes) is 3. The minimum atomic E-state index is -3.81. The second-order valence-corrected chi connectivity index (χ2v) is 10.5. The number of fused-ring (bicyclic) bond motifs is 3. The maximum absolute atomic E-state index is 12.8. The quantitative estimate of drug-likeness (QED) is 0.474. The van der Waals surface area contributed by atoms with E-state index < -0.39 is 21.6 Å². The van der Waals surface area contributed by atoms with Crippen LogP contribution in [0.15, 0.2) is 29.2 Å². The average Bonchev–Trinajstić information content (AvgIpc) is 2.66. The predicted molar refractivity (Wildman–Crippen MR) is 107 cm³/mol. The summed E-state index contributed by atoms with van der Waals surface area (Å²) in [5, 5.41) is 10.1. The fourth-order valence-electron chi connectivity index (χ4n) is 5.00. The van der Waals surface area contributed by atoms with Crippen LogP contribution in [-0.4, -0.2) is 26.2 Å². The van der Waals surface area contributed by atoms with Gasteiger partial charge in [0, 0.05) is 5.41 Å². The topological polar surface area (TPSA) is 63.6 Å². The first kappa shape index (κ1) is 20.8. The lowest BCUT2D eigenvalue weighted by Crippen LogP contribution is -2.54. The van der Waals surface area contributed by atoms with Gasteiger partial charge in [0.2, 0.25) is 0 Å². The van der Waals surface area contributed by atoms with Crippen molar-refractivity contribution in [2.24, 2.45) is 10.8 Å². The molecule has 4 nitrogen and oxygen atoms in total. The van der Waals surface area contributed by atoms with Gasteiger partial charge in [0.15, 0.2) is 0 Å². The minimum absolute atomic E-state index is 0.00694. The van der Waals surface area contributed by atoms with Crippen LogP contribution < -0.4 is 0 Å². The van der Waals surface area contributed by atoms with Gasteiger partial charge in [0.05, 0.1) is 17.6 Å². The molecule has 3 aliphatic carbocycles. The van der Waals surface area contributed by atoms with Crippen LogP contribution in [0.4, 0.5) is 0 Å². The highest BCUT2D eigenvalue weighted by Gasteiger charge is 2.55. The molecule has 0 aromatic heterocycles. The van der Waals surface area contributed by atoms with Crippen molar-refractivity contribution in [3.63, 3.8) is 0 Å². The fraction of sp³-hybridized carbons (Fsp3) is 0.727. The Morgan fingerprint density at radius 3 is 2.33 bits per heavy atom. The molecule has 2 bridgehead atoms. The molecule has 3 saturated carbocycles. The Kier molecular flexibility index (Phi) is 6.34. The van der Waals surface area contributed by atoms with Crippen molar-refractivity contribution < 1.29 is 17.7 Å². The SMILES string of the molecule is CCCCCCC12CCC(CO)(CC1)C(OS(=O)(=O)c1ccc(C)cc1)C2. The summed E-state index contributed by atoms with van der Waals surface area (Å²) in [6, 6.07) is 6.80. The highest BCUT2D eigenvalue weighted by Crippen LogP contribution is 2.59. The standard InChI is InChI=1S/C22H34O4S/c1-3-4-5-6-11-21-12-14-22(17-23,15-13-21)20(16-21)26-27(24,25)19-9-7-18(2)8-10-19/h7-10,20,23H,3-6,11-17H2,1-2H3. The Balaban J connectivity index is 1.75. The van der Waals surface area contributed by atoms with Crippen LogP contribution in [0.2, 0.25) is 0 Å². The Morgan fingerprint density at radius 2 is 1.74 bits per heavy atom. The molecule has 1 aromatic rings. The Morgan fingerprint density at radius 1 is 1.07 bits per heavy atom. The fourth-order valence-corrected chi connectivity index (χ4v) is 6.16. The van der Waals surface area contributed by atoms with Crippen molar-refractivity contribution in [3.05, 3.63) is 29.8 Å². The number of aliphatic hydroxyl groups is 1. The molecule has 1 aromatic carbocycles. The molecule has 0 heterocycles. The summed E-state index contributed by atoms with van der Waals surface area (Å²) in [7, 11) is -3.81. The van der Waals surface area contributed by atoms with E-state index in [2.05, 4.69) is 6.92 Å². The largest absolute Gasteiger partial charge is 0.396 e. The van der Waals surface area contributed by atoms with Gasteiger partial charge in [-0.2, -0.15) is 8.42 Å². The molecule has 3 fully saturated rings. The number of aryl methyl sites for hydroxylation is 1. The van der Waals surface area contributed by atoms with Crippen LogP contribution in [0.25, 0.3) is 0 Å². The molecule has 0 amide bonds. The second-order valence-electron chi connectivity index (χ2n) is 8.89. The van der Waals surface area contributed by atoms with E-state index in [1.807, 2.05) is 6.92 Å². The van der Waals surface area contributed by atoms with E-state index in [0.29, 0.717) is 0 Å². The number of aliphatic hydroxyl groups excluding tert-OH is 1. The van der Waals surface area contributed by atoms with Crippen molar-refractivity contribution in [2.45, 2.75) is 89.1 Å². The highest BCUT2D eigenvalue weighted by atomic mass is 32.2. The number of rotatable bonds is 9. The maximum Gasteiger partial charge on any atom is 0.297 e. The molecule has 0 aliphatic heterocycles. The smallest absolute Gasteiger partial charge is 0.297 e. The zero-order chi connectivity index (χ0) is 19.5. The zero-order valence-electron chi connectivity index (χ0n) is 16.7. The number of hydrogen-bond donors (Lipinski definition) is 1. The van der Waals surface area contributed by atoms with Crippen molar-refractivity contribution in [1.82, 2.24) is 0 Å². The Hall–Kier alpha value is -0.910. The molecule has 1 atom stereocenters. The molecule has 0 radical (unpaired) electrons. The molecule has 0 spiro atoms. The van der Waals surface area contributed by atoms with E-state index >= 15 is 0 Å². The molecular weight excluding hydrogens is 360 g/mol. The van der Waals surface area contributed by atoms with E-state index in [0.717, 1.165) is 44.1 Å². The molecule has 27 heavy (non-hydrogen) atoms. The Bertz CT molecular complexity index is 715. The van der Waals surface area contributed by atoms with Gasteiger partial charge in [-0.3, -0.25) is 4.18 Å². The van der Waals surface area contributed by atoms with Crippen LogP contribution >= 0.6 is 0 Å². The first-order valence-electron chi connectivity index (χ1n) is 10.5. The summed E-state index contributed by atoms with van der Waals surface area (Å²) in [5.41, 5.74) is 0.810. The summed E-state index contributed by atoms with van der Waals surface area (Å²) in [5.74, 6) is 0. The van der Waals surface area contributed by atoms with Gasteiger partial charge in [-0.15, -0.1) is 0 Å². The van der Waals surface area contributed by atoms with Crippen LogP contribution in [0, 0.1) is 17.8 Å². The van der Waals surface area contributed by atoms with Crippen molar-refractivity contribution in [2.75, 3.05) is 6.61 Å². The van der Waals surface area contributed by atoms with E-state index in [4.69, 9.17) is 4.18 Å². The predicted octanol–water partition coefficient (Wildman–Crippen LogP) is 4.98. The number of hydrogen-bond acceptors (Lipinski definition) is 4. The lowest BCUT2D eigenvalue weighted by atomic mass is 9.51. The average molecular weight is 395 g/mol. The van der Waals surface area contributed by atoms with Gasteiger partial charge in [-0.1, -0.05) is 50.3 Å². The lowest BCUT2D eigenvalue weighted by Gasteiger charge is -2.56. The molecule has 152 valence electrons. The molecule has 3 aliphatic rings. The lowest BCUT2D eigenvalue weighted by molar-refractivity contribution is -0.126. The minimum Gasteiger partial charge on any atom is -0.396 e. The maximum atomic E-state index is 12.8. The van der Waals surface area contributed by atoms with Crippen molar-refractivity contribution >= 4 is 10.1 Å². The van der Waals surface area contributed by atoms with Crippen LogP contribution in [0.3, 0.4) is 0 Å². The van der Waals surface area contributed by atoms with Crippen molar-refractivity contribution in [3.8, 4) is 0 Å². The summed E-state index contributed by atoms with van der Waals surface area (Å²) >= 11 is 0. The molecule has 5 heteroatoms. The van der Waals surface area contributed by atoms with Gasteiger partial charge in [-0.25, -0.2) is 0 Å². The van der Waals surface area contributed by atoms with Gasteiger partial charge < -0.3 is 5.11 Å². The van der Waals surface area contributed by atoms with Gasteiger partial charge >= 0.3 is 0 Å². The summed E-state index contributed by atoms with van der Waals surface area (Å²) in [4.78, 5) is 0.208. The molecule has 0 saturated heterocycles. The zero-order valence-corrected chi connectivity index (χ0v) is 17.6. The van der Waals surface area contributed by atoms with E-state index in [1.54, 1.807) is 24.3 Å². The molecular formula is C22H34O4S. The first-order valence-corrected chi connectivity index (χ1v) is 11.9. The van der Waals surface area contributed by atoms with Gasteiger partial charge in [0.1, 0.15) is 0 Å². The van der Waals surface area contributed by atoms with E-state index in [1.165, 1.54) is 25.7 Å². The summed E-state index contributed by atoms with van der Waals surface area (Å²) in [6.45, 7) is 4.16. The normalized spacial score (nSPS) is 30.6.